The molecule has 3 nitrogen and oxygen atoms in total. The molecular formula is C19H17FN2OS. The molecule has 0 radical (unpaired) electrons. The molecule has 0 atom stereocenters. The second-order valence-electron chi connectivity index (χ2n) is 5.46. The fraction of sp³-hybridized carbons (Fsp3) is 0.158. The van der Waals surface area contributed by atoms with Crippen LogP contribution in [0.4, 0.5) is 9.52 Å². The number of carbonyl (C=O) groups is 1. The summed E-state index contributed by atoms with van der Waals surface area (Å²) in [6.45, 7) is 1.94. The third-order valence-electron chi connectivity index (χ3n) is 3.64. The molecule has 24 heavy (non-hydrogen) atoms. The van der Waals surface area contributed by atoms with E-state index in [-0.39, 0.29) is 11.7 Å². The number of hydrogen-bond donors (Lipinski definition) is 1. The summed E-state index contributed by atoms with van der Waals surface area (Å²) in [6, 6.07) is 16.1. The molecule has 2 aromatic carbocycles. The summed E-state index contributed by atoms with van der Waals surface area (Å²) in [5.41, 5.74) is 2.75. The van der Waals surface area contributed by atoms with Crippen LogP contribution in [0.5, 0.6) is 0 Å². The molecule has 0 fully saturated rings. The van der Waals surface area contributed by atoms with Gasteiger partial charge in [0.25, 0.3) is 0 Å². The van der Waals surface area contributed by atoms with Crippen LogP contribution in [-0.2, 0) is 11.2 Å². The van der Waals surface area contributed by atoms with Gasteiger partial charge in [0.05, 0.1) is 5.69 Å². The van der Waals surface area contributed by atoms with Crippen molar-refractivity contribution in [3.8, 4) is 11.3 Å². The van der Waals surface area contributed by atoms with Gasteiger partial charge in [-0.2, -0.15) is 0 Å². The van der Waals surface area contributed by atoms with E-state index in [4.69, 9.17) is 0 Å². The van der Waals surface area contributed by atoms with Gasteiger partial charge in [0.1, 0.15) is 5.82 Å². The zero-order chi connectivity index (χ0) is 16.9. The molecule has 3 aromatic rings. The lowest BCUT2D eigenvalue weighted by Gasteiger charge is -2.02. The lowest BCUT2D eigenvalue weighted by molar-refractivity contribution is -0.116. The van der Waals surface area contributed by atoms with Crippen LogP contribution >= 0.6 is 11.3 Å². The molecule has 1 N–H and O–H groups in total. The molecule has 5 heteroatoms. The van der Waals surface area contributed by atoms with E-state index in [9.17, 15) is 9.18 Å². The van der Waals surface area contributed by atoms with Gasteiger partial charge in [-0.3, -0.25) is 4.79 Å². The van der Waals surface area contributed by atoms with Gasteiger partial charge < -0.3 is 5.32 Å². The highest BCUT2D eigenvalue weighted by Gasteiger charge is 2.12. The van der Waals surface area contributed by atoms with Gasteiger partial charge in [0, 0.05) is 16.9 Å². The molecule has 3 rings (SSSR count). The van der Waals surface area contributed by atoms with Crippen molar-refractivity contribution in [2.75, 3.05) is 5.32 Å². The molecule has 1 amide bonds. The van der Waals surface area contributed by atoms with E-state index in [2.05, 4.69) is 10.3 Å². The van der Waals surface area contributed by atoms with Crippen LogP contribution in [0.25, 0.3) is 11.3 Å². The number of halogens is 1. The van der Waals surface area contributed by atoms with Crippen molar-refractivity contribution in [2.45, 2.75) is 19.8 Å². The number of carbonyl (C=O) groups excluding carboxylic acids is 1. The monoisotopic (exact) mass is 340 g/mol. The molecule has 0 saturated heterocycles. The maximum atomic E-state index is 13.0. The van der Waals surface area contributed by atoms with Gasteiger partial charge in [-0.25, -0.2) is 9.37 Å². The van der Waals surface area contributed by atoms with Gasteiger partial charge in [0.2, 0.25) is 5.91 Å². The molecule has 1 aromatic heterocycles. The number of hydrogen-bond acceptors (Lipinski definition) is 3. The Morgan fingerprint density at radius 3 is 2.54 bits per heavy atom. The van der Waals surface area contributed by atoms with E-state index in [1.54, 1.807) is 12.1 Å². The highest BCUT2D eigenvalue weighted by atomic mass is 32.1. The molecule has 0 aliphatic carbocycles. The van der Waals surface area contributed by atoms with Crippen LogP contribution in [0.1, 0.15) is 16.9 Å². The first-order chi connectivity index (χ1) is 11.6. The van der Waals surface area contributed by atoms with E-state index >= 15 is 0 Å². The zero-order valence-electron chi connectivity index (χ0n) is 13.3. The summed E-state index contributed by atoms with van der Waals surface area (Å²) >= 11 is 1.43. The summed E-state index contributed by atoms with van der Waals surface area (Å²) in [5, 5.41) is 3.42. The summed E-state index contributed by atoms with van der Waals surface area (Å²) in [7, 11) is 0. The van der Waals surface area contributed by atoms with Crippen molar-refractivity contribution in [1.29, 1.82) is 0 Å². The Balaban J connectivity index is 1.64. The number of thiazole rings is 1. The maximum Gasteiger partial charge on any atom is 0.226 e. The Hall–Kier alpha value is -2.53. The second kappa shape index (κ2) is 7.36. The summed E-state index contributed by atoms with van der Waals surface area (Å²) in [5.74, 6) is -0.334. The molecule has 0 aliphatic heterocycles. The Morgan fingerprint density at radius 2 is 1.83 bits per heavy atom. The number of aromatic nitrogens is 1. The average molecular weight is 340 g/mol. The van der Waals surface area contributed by atoms with E-state index in [0.29, 0.717) is 18.0 Å². The first-order valence-electron chi connectivity index (χ1n) is 7.69. The molecule has 0 aliphatic rings. The van der Waals surface area contributed by atoms with Crippen LogP contribution in [0.3, 0.4) is 0 Å². The van der Waals surface area contributed by atoms with Crippen molar-refractivity contribution >= 4 is 22.4 Å². The molecule has 122 valence electrons. The Bertz CT molecular complexity index is 828. The van der Waals surface area contributed by atoms with Gasteiger partial charge >= 0.3 is 0 Å². The zero-order valence-corrected chi connectivity index (χ0v) is 14.1. The van der Waals surface area contributed by atoms with Crippen molar-refractivity contribution in [2.24, 2.45) is 0 Å². The van der Waals surface area contributed by atoms with Crippen LogP contribution in [-0.4, -0.2) is 10.9 Å². The standard InChI is InChI=1S/C19H17FN2OS/c1-13-18(15-8-10-16(20)11-9-15)22-19(24-13)21-17(23)12-7-14-5-3-2-4-6-14/h2-6,8-11H,7,12H2,1H3,(H,21,22,23). The summed E-state index contributed by atoms with van der Waals surface area (Å²) in [6.07, 6.45) is 1.11. The third-order valence-corrected chi connectivity index (χ3v) is 4.53. The van der Waals surface area contributed by atoms with Crippen LogP contribution < -0.4 is 5.32 Å². The number of nitrogens with zero attached hydrogens (tertiary/aromatic N) is 1. The van der Waals surface area contributed by atoms with Crippen LogP contribution in [0.15, 0.2) is 54.6 Å². The topological polar surface area (TPSA) is 42.0 Å². The molecular weight excluding hydrogens is 323 g/mol. The Labute approximate surface area is 144 Å². The molecule has 0 unspecified atom stereocenters. The van der Waals surface area contributed by atoms with Gasteiger partial charge in [0.15, 0.2) is 5.13 Å². The van der Waals surface area contributed by atoms with E-state index in [1.807, 2.05) is 37.3 Å². The number of aryl methyl sites for hydroxylation is 2. The third kappa shape index (κ3) is 4.06. The predicted octanol–water partition coefficient (Wildman–Crippen LogP) is 4.83. The molecule has 0 spiro atoms. The lowest BCUT2D eigenvalue weighted by atomic mass is 10.1. The fourth-order valence-corrected chi connectivity index (χ4v) is 3.26. The molecule has 1 heterocycles. The van der Waals surface area contributed by atoms with Crippen LogP contribution in [0.2, 0.25) is 0 Å². The lowest BCUT2D eigenvalue weighted by Crippen LogP contribution is -2.12. The quantitative estimate of drug-likeness (QED) is 0.723. The number of amides is 1. The minimum atomic E-state index is -0.277. The minimum Gasteiger partial charge on any atom is -0.302 e. The van der Waals surface area contributed by atoms with Crippen LogP contribution in [0, 0.1) is 12.7 Å². The largest absolute Gasteiger partial charge is 0.302 e. The number of rotatable bonds is 5. The van der Waals surface area contributed by atoms with Crippen molar-refractivity contribution in [3.05, 3.63) is 70.9 Å². The van der Waals surface area contributed by atoms with Gasteiger partial charge in [-0.15, -0.1) is 11.3 Å². The van der Waals surface area contributed by atoms with E-state index in [1.165, 1.54) is 23.5 Å². The van der Waals surface area contributed by atoms with E-state index in [0.717, 1.165) is 21.7 Å². The minimum absolute atomic E-state index is 0.0572. The first kappa shape index (κ1) is 16.3. The first-order valence-corrected chi connectivity index (χ1v) is 8.50. The van der Waals surface area contributed by atoms with Crippen molar-refractivity contribution < 1.29 is 9.18 Å². The number of nitrogens with one attached hydrogen (secondary N) is 1. The fourth-order valence-electron chi connectivity index (χ4n) is 2.41. The van der Waals surface area contributed by atoms with E-state index < -0.39 is 0 Å². The van der Waals surface area contributed by atoms with Gasteiger partial charge in [-0.1, -0.05) is 30.3 Å². The Kier molecular flexibility index (Phi) is 5.01. The highest BCUT2D eigenvalue weighted by Crippen LogP contribution is 2.30. The maximum absolute atomic E-state index is 13.0. The summed E-state index contributed by atoms with van der Waals surface area (Å²) < 4.78 is 13.0. The number of benzene rings is 2. The van der Waals surface area contributed by atoms with Gasteiger partial charge in [-0.05, 0) is 43.2 Å². The van der Waals surface area contributed by atoms with Crippen molar-refractivity contribution in [1.82, 2.24) is 4.98 Å². The average Bonchev–Trinajstić information content (AvgIpc) is 2.95. The predicted molar refractivity (Wildman–Crippen MR) is 95.6 cm³/mol. The Morgan fingerprint density at radius 1 is 1.12 bits per heavy atom. The normalized spacial score (nSPS) is 10.6. The smallest absolute Gasteiger partial charge is 0.226 e. The summed E-state index contributed by atoms with van der Waals surface area (Å²) in [4.78, 5) is 17.5. The number of anilines is 1. The van der Waals surface area contributed by atoms with Crippen molar-refractivity contribution in [3.63, 3.8) is 0 Å². The second-order valence-corrected chi connectivity index (χ2v) is 6.67. The molecule has 0 bridgehead atoms. The highest BCUT2D eigenvalue weighted by molar-refractivity contribution is 7.16. The molecule has 0 saturated carbocycles. The SMILES string of the molecule is Cc1sc(NC(=O)CCc2ccccc2)nc1-c1ccc(F)cc1.